The average Bonchev–Trinajstić information content (AvgIpc) is 1.98. The highest BCUT2D eigenvalue weighted by molar-refractivity contribution is 5.80. The standard InChI is InChI=1S/C8H11F6NO/c1-2-3-4-15-6(16)5(7(9,10)11)8(12,13)14/h5H,2-4H2,1H3,(H,15,16). The van der Waals surface area contributed by atoms with Gasteiger partial charge in [0.2, 0.25) is 11.8 Å². The SMILES string of the molecule is CCCCNC(=O)C(C(F)(F)F)C(F)(F)F. The maximum Gasteiger partial charge on any atom is 0.409 e. The van der Waals surface area contributed by atoms with Crippen molar-refractivity contribution in [2.24, 2.45) is 5.92 Å². The second-order valence-corrected chi connectivity index (χ2v) is 3.16. The molecule has 0 aliphatic rings. The van der Waals surface area contributed by atoms with Crippen LogP contribution < -0.4 is 5.32 Å². The average molecular weight is 251 g/mol. The molecule has 0 aromatic carbocycles. The van der Waals surface area contributed by atoms with Gasteiger partial charge in [-0.1, -0.05) is 13.3 Å². The maximum absolute atomic E-state index is 12.0. The predicted octanol–water partition coefficient (Wildman–Crippen LogP) is 2.64. The van der Waals surface area contributed by atoms with E-state index in [4.69, 9.17) is 0 Å². The Balaban J connectivity index is 4.61. The molecule has 16 heavy (non-hydrogen) atoms. The first kappa shape index (κ1) is 15.0. The van der Waals surface area contributed by atoms with Crippen LogP contribution in [0.5, 0.6) is 0 Å². The fraction of sp³-hybridized carbons (Fsp3) is 0.875. The topological polar surface area (TPSA) is 29.1 Å². The summed E-state index contributed by atoms with van der Waals surface area (Å²) in [6.07, 6.45) is -10.3. The van der Waals surface area contributed by atoms with Gasteiger partial charge in [-0.2, -0.15) is 26.3 Å². The second-order valence-electron chi connectivity index (χ2n) is 3.16. The molecule has 0 rings (SSSR count). The summed E-state index contributed by atoms with van der Waals surface area (Å²) in [5.74, 6) is -6.00. The molecule has 0 atom stereocenters. The van der Waals surface area contributed by atoms with Gasteiger partial charge in [0.05, 0.1) is 0 Å². The van der Waals surface area contributed by atoms with E-state index in [1.165, 1.54) is 0 Å². The molecule has 0 aromatic heterocycles. The molecule has 96 valence electrons. The Morgan fingerprint density at radius 1 is 1.12 bits per heavy atom. The van der Waals surface area contributed by atoms with E-state index in [1.807, 2.05) is 0 Å². The van der Waals surface area contributed by atoms with Crippen molar-refractivity contribution in [1.82, 2.24) is 5.32 Å². The smallest absolute Gasteiger partial charge is 0.355 e. The van der Waals surface area contributed by atoms with Gasteiger partial charge in [-0.05, 0) is 6.42 Å². The van der Waals surface area contributed by atoms with Crippen LogP contribution in [0.1, 0.15) is 19.8 Å². The van der Waals surface area contributed by atoms with E-state index in [-0.39, 0.29) is 6.54 Å². The molecule has 0 aromatic rings. The van der Waals surface area contributed by atoms with Crippen LogP contribution in [0.2, 0.25) is 0 Å². The molecule has 0 aliphatic heterocycles. The minimum absolute atomic E-state index is 0.196. The normalized spacial score (nSPS) is 13.0. The van der Waals surface area contributed by atoms with Crippen LogP contribution >= 0.6 is 0 Å². The van der Waals surface area contributed by atoms with E-state index >= 15 is 0 Å². The second kappa shape index (κ2) is 5.40. The molecular weight excluding hydrogens is 240 g/mol. The largest absolute Gasteiger partial charge is 0.409 e. The number of alkyl halides is 6. The third-order valence-electron chi connectivity index (χ3n) is 1.75. The lowest BCUT2D eigenvalue weighted by Crippen LogP contribution is -2.48. The minimum Gasteiger partial charge on any atom is -0.355 e. The Bertz CT molecular complexity index is 220. The number of amides is 1. The van der Waals surface area contributed by atoms with Crippen molar-refractivity contribution < 1.29 is 31.1 Å². The van der Waals surface area contributed by atoms with Crippen molar-refractivity contribution in [2.75, 3.05) is 6.54 Å². The number of hydrogen-bond donors (Lipinski definition) is 1. The van der Waals surface area contributed by atoms with Crippen molar-refractivity contribution in [2.45, 2.75) is 32.1 Å². The van der Waals surface area contributed by atoms with Crippen molar-refractivity contribution in [1.29, 1.82) is 0 Å². The summed E-state index contributed by atoms with van der Waals surface area (Å²) in [5, 5.41) is 1.62. The van der Waals surface area contributed by atoms with E-state index in [1.54, 1.807) is 12.2 Å². The Hall–Kier alpha value is -0.950. The van der Waals surface area contributed by atoms with Gasteiger partial charge in [0.15, 0.2) is 0 Å². The molecule has 0 saturated carbocycles. The van der Waals surface area contributed by atoms with Crippen LogP contribution in [-0.4, -0.2) is 24.8 Å². The summed E-state index contributed by atoms with van der Waals surface area (Å²) in [5.41, 5.74) is 0. The van der Waals surface area contributed by atoms with E-state index in [2.05, 4.69) is 0 Å². The van der Waals surface area contributed by atoms with Gasteiger partial charge >= 0.3 is 12.4 Å². The van der Waals surface area contributed by atoms with Crippen molar-refractivity contribution in [3.05, 3.63) is 0 Å². The summed E-state index contributed by atoms with van der Waals surface area (Å²) in [6, 6.07) is 0. The zero-order valence-electron chi connectivity index (χ0n) is 8.37. The number of nitrogens with one attached hydrogen (secondary N) is 1. The quantitative estimate of drug-likeness (QED) is 0.604. The van der Waals surface area contributed by atoms with Crippen molar-refractivity contribution in [3.8, 4) is 0 Å². The summed E-state index contributed by atoms with van der Waals surface area (Å²) in [6.45, 7) is 1.50. The lowest BCUT2D eigenvalue weighted by atomic mass is 10.1. The first-order chi connectivity index (χ1) is 7.10. The van der Waals surface area contributed by atoms with Crippen LogP contribution in [0.3, 0.4) is 0 Å². The third-order valence-corrected chi connectivity index (χ3v) is 1.75. The van der Waals surface area contributed by atoms with E-state index in [0.717, 1.165) is 0 Å². The fourth-order valence-electron chi connectivity index (χ4n) is 0.973. The summed E-state index contributed by atoms with van der Waals surface area (Å²) in [4.78, 5) is 10.8. The summed E-state index contributed by atoms with van der Waals surface area (Å²) < 4.78 is 72.0. The molecule has 2 nitrogen and oxygen atoms in total. The zero-order chi connectivity index (χ0) is 13.0. The molecule has 0 unspecified atom stereocenters. The van der Waals surface area contributed by atoms with Crippen LogP contribution in [0.15, 0.2) is 0 Å². The molecule has 1 amide bonds. The van der Waals surface area contributed by atoms with Gasteiger partial charge in [-0.15, -0.1) is 0 Å². The minimum atomic E-state index is -5.62. The number of unbranched alkanes of at least 4 members (excludes halogenated alkanes) is 1. The Kier molecular flexibility index (Phi) is 5.08. The van der Waals surface area contributed by atoms with Crippen LogP contribution in [0, 0.1) is 5.92 Å². The van der Waals surface area contributed by atoms with Crippen LogP contribution in [-0.2, 0) is 4.79 Å². The first-order valence-corrected chi connectivity index (χ1v) is 4.51. The lowest BCUT2D eigenvalue weighted by molar-refractivity contribution is -0.274. The van der Waals surface area contributed by atoms with Gasteiger partial charge in [0, 0.05) is 6.54 Å². The number of halogens is 6. The summed E-state index contributed by atoms with van der Waals surface area (Å²) in [7, 11) is 0. The van der Waals surface area contributed by atoms with E-state index in [9.17, 15) is 31.1 Å². The Morgan fingerprint density at radius 2 is 1.56 bits per heavy atom. The Morgan fingerprint density at radius 3 is 1.88 bits per heavy atom. The van der Waals surface area contributed by atoms with Crippen molar-refractivity contribution >= 4 is 5.91 Å². The van der Waals surface area contributed by atoms with Gasteiger partial charge in [-0.3, -0.25) is 4.79 Å². The molecule has 0 fully saturated rings. The fourth-order valence-corrected chi connectivity index (χ4v) is 0.973. The molecule has 0 saturated heterocycles. The number of rotatable bonds is 4. The van der Waals surface area contributed by atoms with Crippen molar-refractivity contribution in [3.63, 3.8) is 0 Å². The number of hydrogen-bond acceptors (Lipinski definition) is 1. The van der Waals surface area contributed by atoms with E-state index in [0.29, 0.717) is 12.8 Å². The van der Waals surface area contributed by atoms with Gasteiger partial charge < -0.3 is 5.32 Å². The molecule has 1 N–H and O–H groups in total. The molecule has 0 spiro atoms. The molecule has 0 heterocycles. The zero-order valence-corrected chi connectivity index (χ0v) is 8.37. The Labute approximate surface area is 88.0 Å². The van der Waals surface area contributed by atoms with Gasteiger partial charge in [-0.25, -0.2) is 0 Å². The summed E-state index contributed by atoms with van der Waals surface area (Å²) >= 11 is 0. The van der Waals surface area contributed by atoms with Gasteiger partial charge in [0.1, 0.15) is 0 Å². The predicted molar refractivity (Wildman–Crippen MR) is 43.5 cm³/mol. The maximum atomic E-state index is 12.0. The first-order valence-electron chi connectivity index (χ1n) is 4.51. The number of carbonyl (C=O) groups excluding carboxylic acids is 1. The molecule has 0 aliphatic carbocycles. The molecule has 8 heteroatoms. The lowest BCUT2D eigenvalue weighted by Gasteiger charge is -2.21. The molecule has 0 radical (unpaired) electrons. The van der Waals surface area contributed by atoms with Crippen LogP contribution in [0.25, 0.3) is 0 Å². The molecule has 0 bridgehead atoms. The van der Waals surface area contributed by atoms with Crippen LogP contribution in [0.4, 0.5) is 26.3 Å². The monoisotopic (exact) mass is 251 g/mol. The van der Waals surface area contributed by atoms with Gasteiger partial charge in [0.25, 0.3) is 0 Å². The highest BCUT2D eigenvalue weighted by Crippen LogP contribution is 2.39. The third kappa shape index (κ3) is 4.71. The molecular formula is C8H11F6NO. The highest BCUT2D eigenvalue weighted by atomic mass is 19.4. The van der Waals surface area contributed by atoms with E-state index < -0.39 is 24.2 Å². The number of carbonyl (C=O) groups is 1. The highest BCUT2D eigenvalue weighted by Gasteiger charge is 2.60.